The average Bonchev–Trinajstić information content (AvgIpc) is 3.20. The van der Waals surface area contributed by atoms with E-state index < -0.39 is 0 Å². The topological polar surface area (TPSA) is 92.2 Å². The van der Waals surface area contributed by atoms with Gasteiger partial charge in [0, 0.05) is 42.6 Å². The number of piperazine rings is 1. The number of pyridine rings is 1. The summed E-state index contributed by atoms with van der Waals surface area (Å²) in [6.07, 6.45) is 0. The number of likely N-dealkylation sites (N-methyl/N-ethyl adjacent to an activating group) is 1. The summed E-state index contributed by atoms with van der Waals surface area (Å²) in [7, 11) is 2.11. The molecule has 0 aliphatic carbocycles. The van der Waals surface area contributed by atoms with Crippen molar-refractivity contribution in [1.82, 2.24) is 35.0 Å². The first-order chi connectivity index (χ1) is 14.8. The third-order valence-corrected chi connectivity index (χ3v) is 5.73. The summed E-state index contributed by atoms with van der Waals surface area (Å²) in [5.74, 6) is 1.46. The number of hydrogen-bond donors (Lipinski definition) is 1. The zero-order valence-corrected chi connectivity index (χ0v) is 18.9. The van der Waals surface area contributed by atoms with Crippen LogP contribution in [0.25, 0.3) is 10.9 Å². The molecule has 1 aromatic carbocycles. The van der Waals surface area contributed by atoms with Gasteiger partial charge in [-0.25, -0.2) is 4.68 Å². The minimum absolute atomic E-state index is 0.121. The van der Waals surface area contributed by atoms with E-state index in [1.807, 2.05) is 35.9 Å². The number of nitrogens with one attached hydrogen (secondary N) is 1. The highest BCUT2D eigenvalue weighted by atomic mass is 16.5. The van der Waals surface area contributed by atoms with Crippen LogP contribution < -0.4 is 10.3 Å². The largest absolute Gasteiger partial charge is 0.494 e. The summed E-state index contributed by atoms with van der Waals surface area (Å²) in [5, 5.41) is 13.5. The molecular formula is C22H31N7O2. The van der Waals surface area contributed by atoms with Crippen molar-refractivity contribution in [1.29, 1.82) is 0 Å². The lowest BCUT2D eigenvalue weighted by Crippen LogP contribution is -2.48. The van der Waals surface area contributed by atoms with E-state index in [0.717, 1.165) is 42.8 Å². The number of rotatable bonds is 5. The number of nitrogens with zero attached hydrogens (tertiary/aromatic N) is 6. The second-order valence-corrected chi connectivity index (χ2v) is 9.10. The number of aromatic amines is 1. The van der Waals surface area contributed by atoms with Gasteiger partial charge < -0.3 is 14.6 Å². The number of H-pyrrole nitrogens is 1. The third-order valence-electron chi connectivity index (χ3n) is 5.73. The molecule has 31 heavy (non-hydrogen) atoms. The van der Waals surface area contributed by atoms with Gasteiger partial charge >= 0.3 is 0 Å². The summed E-state index contributed by atoms with van der Waals surface area (Å²) in [4.78, 5) is 20.9. The molecule has 0 bridgehead atoms. The molecule has 4 rings (SSSR count). The number of tetrazole rings is 1. The predicted molar refractivity (Wildman–Crippen MR) is 119 cm³/mol. The molecule has 0 spiro atoms. The molecule has 166 valence electrons. The summed E-state index contributed by atoms with van der Waals surface area (Å²) in [6.45, 7) is 12.2. The molecule has 9 nitrogen and oxygen atoms in total. The van der Waals surface area contributed by atoms with Gasteiger partial charge in [0.1, 0.15) is 11.8 Å². The number of hydrogen-bond acceptors (Lipinski definition) is 7. The van der Waals surface area contributed by atoms with Crippen molar-refractivity contribution < 1.29 is 4.74 Å². The molecule has 1 aliphatic rings. The Labute approximate surface area is 182 Å². The van der Waals surface area contributed by atoms with Crippen LogP contribution in [0.15, 0.2) is 29.1 Å². The maximum Gasteiger partial charge on any atom is 0.253 e. The number of ether oxygens (including phenoxy) is 1. The fraction of sp³-hybridized carbons (Fsp3) is 0.545. The van der Waals surface area contributed by atoms with Gasteiger partial charge in [-0.3, -0.25) is 9.69 Å². The summed E-state index contributed by atoms with van der Waals surface area (Å²) < 4.78 is 7.49. The van der Waals surface area contributed by atoms with Crippen molar-refractivity contribution in [2.75, 3.05) is 39.8 Å². The Hall–Kier alpha value is -2.78. The van der Waals surface area contributed by atoms with Crippen LogP contribution in [0.2, 0.25) is 0 Å². The van der Waals surface area contributed by atoms with Crippen molar-refractivity contribution in [2.24, 2.45) is 0 Å². The first-order valence-corrected chi connectivity index (χ1v) is 10.8. The summed E-state index contributed by atoms with van der Waals surface area (Å²) >= 11 is 0. The van der Waals surface area contributed by atoms with Crippen molar-refractivity contribution in [3.05, 3.63) is 46.0 Å². The minimum Gasteiger partial charge on any atom is -0.494 e. The number of benzene rings is 1. The highest BCUT2D eigenvalue weighted by molar-refractivity contribution is 5.80. The Bertz CT molecular complexity index is 1110. The molecule has 1 fully saturated rings. The number of aromatic nitrogens is 5. The van der Waals surface area contributed by atoms with Gasteiger partial charge in [-0.2, -0.15) is 0 Å². The molecule has 0 radical (unpaired) electrons. The number of fused-ring (bicyclic) bond motifs is 1. The molecule has 0 saturated carbocycles. The van der Waals surface area contributed by atoms with E-state index in [9.17, 15) is 4.79 Å². The van der Waals surface area contributed by atoms with Gasteiger partial charge in [0.25, 0.3) is 5.56 Å². The highest BCUT2D eigenvalue weighted by Gasteiger charge is 2.34. The SMILES string of the molecule is CCOc1ccc2[nH]c(=O)c([C@@H](c3nnnn3C(C)(C)C)N3CCN(C)CC3)cc2c1. The van der Waals surface area contributed by atoms with Crippen LogP contribution in [-0.4, -0.2) is 74.8 Å². The quantitative estimate of drug-likeness (QED) is 0.668. The van der Waals surface area contributed by atoms with Gasteiger partial charge in [-0.05, 0) is 69.4 Å². The minimum atomic E-state index is -0.341. The molecule has 1 atom stereocenters. The van der Waals surface area contributed by atoms with E-state index in [2.05, 4.69) is 58.1 Å². The molecule has 1 N–H and O–H groups in total. The van der Waals surface area contributed by atoms with Crippen LogP contribution in [0, 0.1) is 0 Å². The highest BCUT2D eigenvalue weighted by Crippen LogP contribution is 2.30. The lowest BCUT2D eigenvalue weighted by Gasteiger charge is -2.38. The van der Waals surface area contributed by atoms with Crippen LogP contribution in [0.3, 0.4) is 0 Å². The fourth-order valence-electron chi connectivity index (χ4n) is 4.08. The predicted octanol–water partition coefficient (Wildman–Crippen LogP) is 2.01. The van der Waals surface area contributed by atoms with Gasteiger partial charge in [0.2, 0.25) is 0 Å². The molecule has 3 heterocycles. The molecule has 2 aromatic heterocycles. The smallest absolute Gasteiger partial charge is 0.253 e. The zero-order valence-electron chi connectivity index (χ0n) is 18.9. The molecule has 1 saturated heterocycles. The first kappa shape index (κ1) is 21.5. The van der Waals surface area contributed by atoms with Crippen LogP contribution in [0.5, 0.6) is 5.75 Å². The Morgan fingerprint density at radius 2 is 1.90 bits per heavy atom. The van der Waals surface area contributed by atoms with Crippen LogP contribution in [0.4, 0.5) is 0 Å². The van der Waals surface area contributed by atoms with Gasteiger partial charge in [-0.1, -0.05) is 0 Å². The average molecular weight is 426 g/mol. The molecule has 0 unspecified atom stereocenters. The maximum atomic E-state index is 13.2. The molecule has 3 aromatic rings. The zero-order chi connectivity index (χ0) is 22.2. The van der Waals surface area contributed by atoms with Crippen molar-refractivity contribution in [2.45, 2.75) is 39.3 Å². The van der Waals surface area contributed by atoms with Crippen LogP contribution >= 0.6 is 0 Å². The van der Waals surface area contributed by atoms with Gasteiger partial charge in [0.15, 0.2) is 5.82 Å². The monoisotopic (exact) mass is 425 g/mol. The standard InChI is InChI=1S/C22H31N7O2/c1-6-31-16-7-8-18-15(13-16)14-17(21(30)23-18)19(28-11-9-27(5)10-12-28)20-24-25-26-29(20)22(2,3)4/h7-8,13-14,19H,6,9-12H2,1-5H3,(H,23,30)/t19-/m0/s1. The second kappa shape index (κ2) is 8.39. The van der Waals surface area contributed by atoms with E-state index in [0.29, 0.717) is 18.0 Å². The van der Waals surface area contributed by atoms with Crippen LogP contribution in [0.1, 0.15) is 45.1 Å². The lowest BCUT2D eigenvalue weighted by molar-refractivity contribution is 0.118. The van der Waals surface area contributed by atoms with Crippen molar-refractivity contribution >= 4 is 10.9 Å². The van der Waals surface area contributed by atoms with Gasteiger partial charge in [0.05, 0.1) is 12.1 Å². The van der Waals surface area contributed by atoms with E-state index >= 15 is 0 Å². The Kier molecular flexibility index (Phi) is 5.81. The molecular weight excluding hydrogens is 394 g/mol. The van der Waals surface area contributed by atoms with Crippen molar-refractivity contribution in [3.8, 4) is 5.75 Å². The first-order valence-electron chi connectivity index (χ1n) is 10.8. The lowest BCUT2D eigenvalue weighted by atomic mass is 10.0. The van der Waals surface area contributed by atoms with Crippen molar-refractivity contribution in [3.63, 3.8) is 0 Å². The molecule has 0 amide bonds. The van der Waals surface area contributed by atoms with E-state index in [-0.39, 0.29) is 17.1 Å². The summed E-state index contributed by atoms with van der Waals surface area (Å²) in [6, 6.07) is 7.34. The van der Waals surface area contributed by atoms with E-state index in [4.69, 9.17) is 4.74 Å². The normalized spacial score (nSPS) is 17.2. The van der Waals surface area contributed by atoms with Gasteiger partial charge in [-0.15, -0.1) is 5.10 Å². The fourth-order valence-corrected chi connectivity index (χ4v) is 4.08. The maximum absolute atomic E-state index is 13.2. The third kappa shape index (κ3) is 4.33. The summed E-state index contributed by atoms with van der Waals surface area (Å²) in [5.41, 5.74) is 0.995. The van der Waals surface area contributed by atoms with E-state index in [1.54, 1.807) is 0 Å². The molecule has 1 aliphatic heterocycles. The Balaban J connectivity index is 1.87. The second-order valence-electron chi connectivity index (χ2n) is 9.10. The Morgan fingerprint density at radius 3 is 2.58 bits per heavy atom. The molecule has 9 heteroatoms. The van der Waals surface area contributed by atoms with E-state index in [1.165, 1.54) is 0 Å². The van der Waals surface area contributed by atoms with Crippen LogP contribution in [-0.2, 0) is 5.54 Å². The Morgan fingerprint density at radius 1 is 1.16 bits per heavy atom.